The van der Waals surface area contributed by atoms with Crippen molar-refractivity contribution in [3.05, 3.63) is 35.9 Å². The van der Waals surface area contributed by atoms with E-state index in [-0.39, 0.29) is 30.0 Å². The van der Waals surface area contributed by atoms with E-state index in [9.17, 15) is 14.4 Å². The zero-order valence-corrected chi connectivity index (χ0v) is 14.1. The highest BCUT2D eigenvalue weighted by Crippen LogP contribution is 2.11. The predicted molar refractivity (Wildman–Crippen MR) is 90.8 cm³/mol. The average molecular weight is 349 g/mol. The molecule has 1 aliphatic heterocycles. The molecule has 1 aliphatic rings. The highest BCUT2D eigenvalue weighted by molar-refractivity contribution is 7.80. The lowest BCUT2D eigenvalue weighted by molar-refractivity contribution is -0.148. The van der Waals surface area contributed by atoms with Gasteiger partial charge in [0.2, 0.25) is 11.8 Å². The normalized spacial score (nSPS) is 17.0. The second-order valence-corrected chi connectivity index (χ2v) is 5.72. The zero-order chi connectivity index (χ0) is 17.5. The molecule has 1 aromatic carbocycles. The summed E-state index contributed by atoms with van der Waals surface area (Å²) < 4.78 is 5.21. The lowest BCUT2D eigenvalue weighted by atomic mass is 10.1. The van der Waals surface area contributed by atoms with Crippen LogP contribution in [-0.4, -0.2) is 46.9 Å². The Kier molecular flexibility index (Phi) is 6.25. The molecule has 7 nitrogen and oxygen atoms in total. The fraction of sp³-hybridized carbons (Fsp3) is 0.375. The molecule has 0 aliphatic carbocycles. The van der Waals surface area contributed by atoms with E-state index in [1.165, 1.54) is 6.92 Å². The fourth-order valence-corrected chi connectivity index (χ4v) is 2.70. The van der Waals surface area contributed by atoms with Gasteiger partial charge in [-0.2, -0.15) is 0 Å². The summed E-state index contributed by atoms with van der Waals surface area (Å²) in [6.07, 6.45) is -0.140. The largest absolute Gasteiger partial charge is 0.461 e. The first-order valence-corrected chi connectivity index (χ1v) is 7.93. The number of esters is 1. The first kappa shape index (κ1) is 17.9. The van der Waals surface area contributed by atoms with Crippen molar-refractivity contribution in [1.29, 1.82) is 0 Å². The van der Waals surface area contributed by atoms with E-state index in [1.807, 2.05) is 30.3 Å². The van der Waals surface area contributed by atoms with Crippen LogP contribution in [0.1, 0.15) is 18.9 Å². The molecule has 2 N–H and O–H groups in total. The molecular weight excluding hydrogens is 330 g/mol. The summed E-state index contributed by atoms with van der Waals surface area (Å²) in [5.41, 5.74) is 0.865. The molecule has 8 heteroatoms. The van der Waals surface area contributed by atoms with E-state index in [0.29, 0.717) is 13.1 Å². The van der Waals surface area contributed by atoms with Crippen molar-refractivity contribution in [2.24, 2.45) is 0 Å². The van der Waals surface area contributed by atoms with Crippen molar-refractivity contribution >= 4 is 35.1 Å². The number of thiocarbonyl (C=S) groups is 1. The van der Waals surface area contributed by atoms with Gasteiger partial charge in [-0.05, 0) is 17.8 Å². The van der Waals surface area contributed by atoms with Crippen molar-refractivity contribution < 1.29 is 19.1 Å². The van der Waals surface area contributed by atoms with Gasteiger partial charge >= 0.3 is 5.97 Å². The van der Waals surface area contributed by atoms with Crippen LogP contribution in [0, 0.1) is 0 Å². The summed E-state index contributed by atoms with van der Waals surface area (Å²) in [6.45, 7) is 2.29. The predicted octanol–water partition coefficient (Wildman–Crippen LogP) is 0.341. The SMILES string of the molecule is CC(=O)NC(=S)N1CCNC(=O)C1CC(=O)OCc1ccccc1. The standard InChI is InChI=1S/C16H19N3O4S/c1-11(20)18-16(24)19-8-7-17-15(22)13(19)9-14(21)23-10-12-5-3-2-4-6-12/h2-6,13H,7-10H2,1H3,(H,17,22)(H,18,20,24). The highest BCUT2D eigenvalue weighted by atomic mass is 32.1. The van der Waals surface area contributed by atoms with Crippen molar-refractivity contribution in [2.45, 2.75) is 26.0 Å². The third kappa shape index (κ3) is 5.02. The maximum Gasteiger partial charge on any atom is 0.308 e. The molecule has 2 rings (SSSR count). The van der Waals surface area contributed by atoms with Gasteiger partial charge in [-0.3, -0.25) is 14.4 Å². The molecule has 128 valence electrons. The molecule has 1 unspecified atom stereocenters. The minimum Gasteiger partial charge on any atom is -0.461 e. The first-order valence-electron chi connectivity index (χ1n) is 7.53. The van der Waals surface area contributed by atoms with Crippen molar-refractivity contribution in [3.63, 3.8) is 0 Å². The van der Waals surface area contributed by atoms with E-state index >= 15 is 0 Å². The third-order valence-electron chi connectivity index (χ3n) is 3.48. The van der Waals surface area contributed by atoms with Crippen LogP contribution in [0.2, 0.25) is 0 Å². The van der Waals surface area contributed by atoms with Crippen LogP contribution in [0.3, 0.4) is 0 Å². The molecule has 1 saturated heterocycles. The van der Waals surface area contributed by atoms with Crippen LogP contribution in [-0.2, 0) is 25.7 Å². The van der Waals surface area contributed by atoms with E-state index in [0.717, 1.165) is 5.56 Å². The number of ether oxygens (including phenoxy) is 1. The van der Waals surface area contributed by atoms with Crippen molar-refractivity contribution in [1.82, 2.24) is 15.5 Å². The van der Waals surface area contributed by atoms with Gasteiger partial charge in [0.25, 0.3) is 0 Å². The Labute approximate surface area is 145 Å². The van der Waals surface area contributed by atoms with E-state index in [2.05, 4.69) is 10.6 Å². The highest BCUT2D eigenvalue weighted by Gasteiger charge is 2.33. The molecule has 1 fully saturated rings. The second-order valence-electron chi connectivity index (χ2n) is 5.34. The molecule has 0 saturated carbocycles. The van der Waals surface area contributed by atoms with Gasteiger partial charge in [-0.25, -0.2) is 0 Å². The maximum absolute atomic E-state index is 12.1. The monoisotopic (exact) mass is 349 g/mol. The number of rotatable bonds is 4. The van der Waals surface area contributed by atoms with Gasteiger partial charge in [0, 0.05) is 20.0 Å². The summed E-state index contributed by atoms with van der Waals surface area (Å²) in [5, 5.41) is 5.31. The summed E-state index contributed by atoms with van der Waals surface area (Å²) in [4.78, 5) is 36.8. The van der Waals surface area contributed by atoms with E-state index in [1.54, 1.807) is 4.90 Å². The van der Waals surface area contributed by atoms with Crippen LogP contribution in [0.25, 0.3) is 0 Å². The number of amides is 2. The smallest absolute Gasteiger partial charge is 0.308 e. The molecule has 0 spiro atoms. The number of carbonyl (C=O) groups is 3. The second kappa shape index (κ2) is 8.39. The molecule has 0 bridgehead atoms. The van der Waals surface area contributed by atoms with Crippen molar-refractivity contribution in [3.8, 4) is 0 Å². The Bertz CT molecular complexity index is 635. The quantitative estimate of drug-likeness (QED) is 0.602. The minimum atomic E-state index is -0.790. The number of carbonyl (C=O) groups excluding carboxylic acids is 3. The Morgan fingerprint density at radius 1 is 1.38 bits per heavy atom. The lowest BCUT2D eigenvalue weighted by Gasteiger charge is -2.36. The van der Waals surface area contributed by atoms with Crippen LogP contribution < -0.4 is 10.6 Å². The van der Waals surface area contributed by atoms with Crippen LogP contribution >= 0.6 is 12.2 Å². The Balaban J connectivity index is 1.95. The Hall–Kier alpha value is -2.48. The summed E-state index contributed by atoms with van der Waals surface area (Å²) in [6, 6.07) is 8.48. The van der Waals surface area contributed by atoms with Gasteiger partial charge in [0.05, 0.1) is 6.42 Å². The van der Waals surface area contributed by atoms with Crippen LogP contribution in [0.4, 0.5) is 0 Å². The van der Waals surface area contributed by atoms with Crippen molar-refractivity contribution in [2.75, 3.05) is 13.1 Å². The number of benzene rings is 1. The molecule has 1 heterocycles. The van der Waals surface area contributed by atoms with Gasteiger partial charge in [-0.1, -0.05) is 30.3 Å². The van der Waals surface area contributed by atoms with Gasteiger partial charge in [0.1, 0.15) is 12.6 Å². The fourth-order valence-electron chi connectivity index (χ4n) is 2.34. The van der Waals surface area contributed by atoms with Gasteiger partial charge < -0.3 is 20.3 Å². The summed E-state index contributed by atoms with van der Waals surface area (Å²) in [5.74, 6) is -1.14. The summed E-state index contributed by atoms with van der Waals surface area (Å²) in [7, 11) is 0. The third-order valence-corrected chi connectivity index (χ3v) is 3.81. The maximum atomic E-state index is 12.1. The number of piperazine rings is 1. The van der Waals surface area contributed by atoms with Gasteiger partial charge in [0.15, 0.2) is 5.11 Å². The Morgan fingerprint density at radius 3 is 2.75 bits per heavy atom. The molecular formula is C16H19N3O4S. The topological polar surface area (TPSA) is 87.7 Å². The molecule has 24 heavy (non-hydrogen) atoms. The first-order chi connectivity index (χ1) is 11.5. The van der Waals surface area contributed by atoms with Gasteiger partial charge in [-0.15, -0.1) is 0 Å². The lowest BCUT2D eigenvalue weighted by Crippen LogP contribution is -2.60. The molecule has 1 aromatic rings. The molecule has 2 amide bonds. The molecule has 0 aromatic heterocycles. The number of hydrogen-bond donors (Lipinski definition) is 2. The molecule has 1 atom stereocenters. The zero-order valence-electron chi connectivity index (χ0n) is 13.3. The number of nitrogens with zero attached hydrogens (tertiary/aromatic N) is 1. The average Bonchev–Trinajstić information content (AvgIpc) is 2.55. The number of hydrogen-bond acceptors (Lipinski definition) is 5. The number of nitrogens with one attached hydrogen (secondary N) is 2. The summed E-state index contributed by atoms with van der Waals surface area (Å²) >= 11 is 5.14. The van der Waals surface area contributed by atoms with Crippen LogP contribution in [0.5, 0.6) is 0 Å². The molecule has 0 radical (unpaired) electrons. The van der Waals surface area contributed by atoms with E-state index < -0.39 is 12.0 Å². The van der Waals surface area contributed by atoms with E-state index in [4.69, 9.17) is 17.0 Å². The minimum absolute atomic E-state index is 0.137. The Morgan fingerprint density at radius 2 is 2.08 bits per heavy atom. The van der Waals surface area contributed by atoms with Crippen LogP contribution in [0.15, 0.2) is 30.3 Å².